The first-order chi connectivity index (χ1) is 12.0. The number of urea groups is 1. The molecule has 3 rings (SSSR count). The van der Waals surface area contributed by atoms with Crippen LogP contribution in [-0.4, -0.2) is 17.6 Å². The molecule has 0 saturated carbocycles. The number of nitrogens with zero attached hydrogens (tertiary/aromatic N) is 1. The van der Waals surface area contributed by atoms with Gasteiger partial charge in [0.2, 0.25) is 0 Å². The van der Waals surface area contributed by atoms with Gasteiger partial charge in [0.1, 0.15) is 5.00 Å². The molecule has 0 saturated heterocycles. The van der Waals surface area contributed by atoms with E-state index in [1.54, 1.807) is 24.3 Å². The van der Waals surface area contributed by atoms with Gasteiger partial charge < -0.3 is 11.1 Å². The Kier molecular flexibility index (Phi) is 5.60. The highest BCUT2D eigenvalue weighted by Gasteiger charge is 2.27. The molecule has 1 aliphatic carbocycles. The van der Waals surface area contributed by atoms with Gasteiger partial charge in [-0.25, -0.2) is 8.00 Å². The van der Waals surface area contributed by atoms with E-state index >= 15 is 0 Å². The Labute approximate surface area is 167 Å². The predicted octanol–water partition coefficient (Wildman–Crippen LogP) is 4.42. The van der Waals surface area contributed by atoms with E-state index in [9.17, 15) is 9.59 Å². The molecule has 0 radical (unpaired) electrons. The van der Waals surface area contributed by atoms with Gasteiger partial charge in [-0.05, 0) is 42.7 Å². The van der Waals surface area contributed by atoms with E-state index in [0.29, 0.717) is 34.1 Å². The molecule has 0 spiro atoms. The second-order valence-corrected chi connectivity index (χ2v) is 7.51. The summed E-state index contributed by atoms with van der Waals surface area (Å²) in [6.07, 6.45) is 2.18. The number of thiophene rings is 1. The van der Waals surface area contributed by atoms with Gasteiger partial charge in [-0.3, -0.25) is 10.1 Å². The van der Waals surface area contributed by atoms with Crippen molar-refractivity contribution in [3.8, 4) is 0 Å². The molecule has 2 aromatic rings. The third kappa shape index (κ3) is 4.13. The lowest BCUT2D eigenvalue weighted by atomic mass is 9.94. The van der Waals surface area contributed by atoms with Crippen LogP contribution in [0.15, 0.2) is 27.5 Å². The van der Waals surface area contributed by atoms with Crippen molar-refractivity contribution in [3.63, 3.8) is 0 Å². The van der Waals surface area contributed by atoms with E-state index in [2.05, 4.69) is 13.8 Å². The van der Waals surface area contributed by atoms with Crippen LogP contribution in [0.1, 0.15) is 27.2 Å². The van der Waals surface area contributed by atoms with Crippen molar-refractivity contribution in [1.29, 1.82) is 0 Å². The van der Waals surface area contributed by atoms with E-state index in [1.165, 1.54) is 11.3 Å². The number of carbonyl (C=O) groups is 2. The number of fused-ring (bicyclic) bond motifs is 1. The van der Waals surface area contributed by atoms with Crippen LogP contribution in [0.2, 0.25) is 5.02 Å². The summed E-state index contributed by atoms with van der Waals surface area (Å²) in [5.74, 6) is -0.533. The summed E-state index contributed by atoms with van der Waals surface area (Å²) in [4.78, 5) is 25.2. The highest BCUT2D eigenvalue weighted by Crippen LogP contribution is 2.37. The summed E-state index contributed by atoms with van der Waals surface area (Å²) in [7, 11) is 0. The van der Waals surface area contributed by atoms with Crippen molar-refractivity contribution in [2.45, 2.75) is 19.3 Å². The molecule has 25 heavy (non-hydrogen) atoms. The number of amides is 3. The van der Waals surface area contributed by atoms with Crippen LogP contribution in [0.25, 0.3) is 0 Å². The molecule has 0 fully saturated rings. The van der Waals surface area contributed by atoms with Crippen LogP contribution < -0.4 is 16.4 Å². The second-order valence-electron chi connectivity index (χ2n) is 5.49. The summed E-state index contributed by atoms with van der Waals surface area (Å²) in [5.41, 5.74) is 8.54. The molecule has 3 amide bonds. The van der Waals surface area contributed by atoms with E-state index in [-0.39, 0.29) is 0 Å². The summed E-state index contributed by atoms with van der Waals surface area (Å²) in [6.45, 7) is 0. The Morgan fingerprint density at radius 3 is 2.56 bits per heavy atom. The van der Waals surface area contributed by atoms with Gasteiger partial charge in [-0.1, -0.05) is 11.6 Å². The Hall–Kier alpha value is -1.65. The molecule has 1 aromatic carbocycles. The number of benzene rings is 1. The van der Waals surface area contributed by atoms with Gasteiger partial charge >= 0.3 is 6.03 Å². The van der Waals surface area contributed by atoms with E-state index < -0.39 is 11.9 Å². The minimum absolute atomic E-state index is 0.402. The lowest BCUT2D eigenvalue weighted by molar-refractivity contribution is 0.100. The first-order valence-electron chi connectivity index (χ1n) is 7.42. The standard InChI is InChI=1S/C16H14ClIN4O2S/c17-8-1-3-9(4-2-8)20-16(24)21-15-13(14(19)23)11-6-5-10(22-18)7-12(11)25-15/h1-4H,5-7H2,(H2,19,23)(H2,20,21,24)/b22-10+. The zero-order valence-corrected chi connectivity index (χ0v) is 16.7. The molecule has 1 aromatic heterocycles. The highest BCUT2D eigenvalue weighted by molar-refractivity contribution is 14.1. The molecule has 6 nitrogen and oxygen atoms in total. The van der Waals surface area contributed by atoms with Crippen molar-refractivity contribution >= 4 is 74.1 Å². The largest absolute Gasteiger partial charge is 0.365 e. The first kappa shape index (κ1) is 18.2. The van der Waals surface area contributed by atoms with Crippen LogP contribution in [-0.2, 0) is 12.8 Å². The quantitative estimate of drug-likeness (QED) is 0.558. The van der Waals surface area contributed by atoms with Gasteiger partial charge in [0.15, 0.2) is 0 Å². The van der Waals surface area contributed by atoms with Crippen molar-refractivity contribution in [1.82, 2.24) is 0 Å². The molecule has 1 aliphatic rings. The predicted molar refractivity (Wildman–Crippen MR) is 110 cm³/mol. The Morgan fingerprint density at radius 2 is 1.92 bits per heavy atom. The van der Waals surface area contributed by atoms with Crippen LogP contribution >= 0.6 is 45.8 Å². The molecule has 9 heteroatoms. The fourth-order valence-corrected chi connectivity index (χ4v) is 4.50. The molecular formula is C16H14ClIN4O2S. The zero-order chi connectivity index (χ0) is 18.0. The fraction of sp³-hybridized carbons (Fsp3) is 0.188. The lowest BCUT2D eigenvalue weighted by Crippen LogP contribution is -2.22. The van der Waals surface area contributed by atoms with Crippen LogP contribution in [0, 0.1) is 0 Å². The molecule has 0 aliphatic heterocycles. The smallest absolute Gasteiger partial charge is 0.324 e. The van der Waals surface area contributed by atoms with Crippen molar-refractivity contribution in [3.05, 3.63) is 45.3 Å². The number of carbonyl (C=O) groups excluding carboxylic acids is 2. The Balaban J connectivity index is 1.82. The van der Waals surface area contributed by atoms with Crippen LogP contribution in [0.4, 0.5) is 15.5 Å². The maximum atomic E-state index is 12.2. The average molecular weight is 489 g/mol. The van der Waals surface area contributed by atoms with Gasteiger partial charge in [0, 0.05) is 27.7 Å². The number of nitrogens with two attached hydrogens (primary N) is 1. The fourth-order valence-electron chi connectivity index (χ4n) is 2.68. The molecule has 0 bridgehead atoms. The second kappa shape index (κ2) is 7.71. The monoisotopic (exact) mass is 488 g/mol. The SMILES string of the molecule is NC(=O)c1c(NC(=O)Nc2ccc(Cl)cc2)sc2c1CC/C(=N\I)C2. The average Bonchev–Trinajstić information content (AvgIpc) is 2.93. The molecule has 0 atom stereocenters. The van der Waals surface area contributed by atoms with Crippen molar-refractivity contribution in [2.75, 3.05) is 10.6 Å². The Bertz CT molecular complexity index is 864. The third-order valence-corrected chi connectivity index (χ3v) is 5.90. The van der Waals surface area contributed by atoms with Gasteiger partial charge in [-0.15, -0.1) is 11.3 Å². The first-order valence-corrected chi connectivity index (χ1v) is 9.58. The van der Waals surface area contributed by atoms with Crippen LogP contribution in [0.3, 0.4) is 0 Å². The number of hydrogen-bond acceptors (Lipinski definition) is 4. The number of halogens is 2. The van der Waals surface area contributed by atoms with Crippen LogP contribution in [0.5, 0.6) is 0 Å². The maximum Gasteiger partial charge on any atom is 0.324 e. The summed E-state index contributed by atoms with van der Waals surface area (Å²) in [5, 5.41) is 6.50. The van der Waals surface area contributed by atoms with Gasteiger partial charge in [-0.2, -0.15) is 0 Å². The minimum Gasteiger partial charge on any atom is -0.365 e. The molecule has 4 N–H and O–H groups in total. The van der Waals surface area contributed by atoms with E-state index in [1.807, 2.05) is 22.9 Å². The van der Waals surface area contributed by atoms with E-state index in [4.69, 9.17) is 17.3 Å². The zero-order valence-electron chi connectivity index (χ0n) is 12.9. The summed E-state index contributed by atoms with van der Waals surface area (Å²) in [6, 6.07) is 6.31. The maximum absolute atomic E-state index is 12.2. The van der Waals surface area contributed by atoms with Gasteiger partial charge in [0.05, 0.1) is 28.4 Å². The number of nitrogens with one attached hydrogen (secondary N) is 2. The van der Waals surface area contributed by atoms with Crippen molar-refractivity contribution < 1.29 is 9.59 Å². The number of primary amides is 1. The van der Waals surface area contributed by atoms with Gasteiger partial charge in [0.25, 0.3) is 5.91 Å². The topological polar surface area (TPSA) is 96.6 Å². The lowest BCUT2D eigenvalue weighted by Gasteiger charge is -2.13. The number of rotatable bonds is 3. The van der Waals surface area contributed by atoms with Crippen molar-refractivity contribution in [2.24, 2.45) is 8.94 Å². The number of hydrogen-bond donors (Lipinski definition) is 3. The highest BCUT2D eigenvalue weighted by atomic mass is 127. The molecule has 1 heterocycles. The normalized spacial score (nSPS) is 14.9. The number of anilines is 2. The third-order valence-electron chi connectivity index (χ3n) is 3.81. The molecule has 130 valence electrons. The summed E-state index contributed by atoms with van der Waals surface area (Å²) >= 11 is 9.18. The minimum atomic E-state index is -0.533. The molecular weight excluding hydrogens is 475 g/mol. The molecule has 0 unspecified atom stereocenters. The Morgan fingerprint density at radius 1 is 1.20 bits per heavy atom. The summed E-state index contributed by atoms with van der Waals surface area (Å²) < 4.78 is 4.22. The van der Waals surface area contributed by atoms with E-state index in [0.717, 1.165) is 22.6 Å².